The number of anilines is 1. The zero-order chi connectivity index (χ0) is 19.5. The first-order valence-electron chi connectivity index (χ1n) is 10.0. The van der Waals surface area contributed by atoms with Gasteiger partial charge in [0, 0.05) is 43.6 Å². The predicted molar refractivity (Wildman–Crippen MR) is 110 cm³/mol. The summed E-state index contributed by atoms with van der Waals surface area (Å²) in [5.74, 6) is 0.673. The molecule has 0 saturated carbocycles. The fourth-order valence-electron chi connectivity index (χ4n) is 4.13. The molecule has 1 N–H and O–H groups in total. The van der Waals surface area contributed by atoms with Crippen LogP contribution in [0.2, 0.25) is 0 Å². The molecule has 2 saturated heterocycles. The molecule has 2 aliphatic rings. The second kappa shape index (κ2) is 8.19. The highest BCUT2D eigenvalue weighted by Gasteiger charge is 2.25. The molecule has 0 aliphatic carbocycles. The van der Waals surface area contributed by atoms with Crippen LogP contribution in [0.4, 0.5) is 5.69 Å². The van der Waals surface area contributed by atoms with E-state index in [1.54, 1.807) is 7.11 Å². The van der Waals surface area contributed by atoms with Crippen LogP contribution in [-0.4, -0.2) is 55.6 Å². The third-order valence-electron chi connectivity index (χ3n) is 5.64. The van der Waals surface area contributed by atoms with E-state index < -0.39 is 0 Å². The minimum atomic E-state index is 0.0406. The van der Waals surface area contributed by atoms with Gasteiger partial charge in [-0.15, -0.1) is 0 Å². The fourth-order valence-corrected chi connectivity index (χ4v) is 4.13. The van der Waals surface area contributed by atoms with Crippen molar-refractivity contribution in [3.05, 3.63) is 53.3 Å². The molecule has 2 fully saturated rings. The Morgan fingerprint density at radius 2 is 1.96 bits per heavy atom. The van der Waals surface area contributed by atoms with Crippen LogP contribution in [0.1, 0.15) is 40.6 Å². The number of carbonyl (C=O) groups excluding carboxylic acids is 1. The van der Waals surface area contributed by atoms with Crippen molar-refractivity contribution < 1.29 is 9.53 Å². The van der Waals surface area contributed by atoms with Crippen molar-refractivity contribution >= 4 is 11.6 Å². The van der Waals surface area contributed by atoms with Gasteiger partial charge in [0.2, 0.25) is 0 Å². The van der Waals surface area contributed by atoms with Crippen LogP contribution in [0.15, 0.2) is 36.4 Å². The summed E-state index contributed by atoms with van der Waals surface area (Å²) >= 11 is 0. The van der Waals surface area contributed by atoms with E-state index in [4.69, 9.17) is 9.72 Å². The Kier molecular flexibility index (Phi) is 5.48. The van der Waals surface area contributed by atoms with E-state index in [1.807, 2.05) is 29.2 Å². The summed E-state index contributed by atoms with van der Waals surface area (Å²) in [6, 6.07) is 12.2. The van der Waals surface area contributed by atoms with Gasteiger partial charge in [0.1, 0.15) is 5.75 Å². The van der Waals surface area contributed by atoms with Gasteiger partial charge < -0.3 is 19.9 Å². The van der Waals surface area contributed by atoms with Gasteiger partial charge in [0.05, 0.1) is 18.4 Å². The zero-order valence-electron chi connectivity index (χ0n) is 16.6. The first kappa shape index (κ1) is 18.7. The highest BCUT2D eigenvalue weighted by atomic mass is 16.5. The Hall–Kier alpha value is -2.60. The number of aryl methyl sites for hydroxylation is 1. The summed E-state index contributed by atoms with van der Waals surface area (Å²) in [5, 5.41) is 3.54. The molecule has 2 aliphatic heterocycles. The minimum absolute atomic E-state index is 0.0406. The molecule has 3 heterocycles. The molecule has 0 bridgehead atoms. The van der Waals surface area contributed by atoms with Crippen LogP contribution in [-0.2, 0) is 0 Å². The van der Waals surface area contributed by atoms with Crippen molar-refractivity contribution in [3.8, 4) is 5.75 Å². The molecule has 0 spiro atoms. The molecule has 0 radical (unpaired) electrons. The number of amides is 1. The number of rotatable bonds is 4. The lowest BCUT2D eigenvalue weighted by Crippen LogP contribution is -2.49. The van der Waals surface area contributed by atoms with Crippen LogP contribution < -0.4 is 15.0 Å². The first-order valence-corrected chi connectivity index (χ1v) is 10.0. The largest absolute Gasteiger partial charge is 0.496 e. The summed E-state index contributed by atoms with van der Waals surface area (Å²) in [6.45, 7) is 6.18. The van der Waals surface area contributed by atoms with Crippen molar-refractivity contribution in [1.29, 1.82) is 0 Å². The molecule has 1 aromatic heterocycles. The number of ether oxygens (including phenoxy) is 1. The van der Waals surface area contributed by atoms with Gasteiger partial charge in [-0.3, -0.25) is 9.78 Å². The van der Waals surface area contributed by atoms with E-state index in [0.717, 1.165) is 37.4 Å². The lowest BCUT2D eigenvalue weighted by atomic mass is 10.1. The minimum Gasteiger partial charge on any atom is -0.496 e. The van der Waals surface area contributed by atoms with Crippen LogP contribution in [0.25, 0.3) is 0 Å². The summed E-state index contributed by atoms with van der Waals surface area (Å²) in [6.07, 6.45) is 2.36. The standard InChI is InChI=1S/C22H28N4O2/c1-16-14-17(15-20(24-16)19-7-5-9-23-19)25-10-12-26(13-11-25)22(27)18-6-3-4-8-21(18)28-2/h3-4,6,8,14-15,19,23H,5,7,9-13H2,1-2H3. The highest BCUT2D eigenvalue weighted by molar-refractivity contribution is 5.97. The molecular formula is C22H28N4O2. The van der Waals surface area contributed by atoms with Crippen LogP contribution >= 0.6 is 0 Å². The van der Waals surface area contributed by atoms with Crippen molar-refractivity contribution in [2.75, 3.05) is 44.7 Å². The molecule has 6 nitrogen and oxygen atoms in total. The normalized spacial score (nSPS) is 19.7. The molecule has 148 valence electrons. The van der Waals surface area contributed by atoms with E-state index in [2.05, 4.69) is 29.3 Å². The number of aromatic nitrogens is 1. The monoisotopic (exact) mass is 380 g/mol. The Bertz CT molecular complexity index is 840. The van der Waals surface area contributed by atoms with Gasteiger partial charge in [-0.05, 0) is 50.6 Å². The smallest absolute Gasteiger partial charge is 0.257 e. The van der Waals surface area contributed by atoms with Gasteiger partial charge in [-0.25, -0.2) is 0 Å². The summed E-state index contributed by atoms with van der Waals surface area (Å²) < 4.78 is 5.35. The van der Waals surface area contributed by atoms with Gasteiger partial charge in [-0.1, -0.05) is 12.1 Å². The number of nitrogens with one attached hydrogen (secondary N) is 1. The van der Waals surface area contributed by atoms with Gasteiger partial charge in [0.15, 0.2) is 0 Å². The predicted octanol–water partition coefficient (Wildman–Crippen LogP) is 2.79. The SMILES string of the molecule is COc1ccccc1C(=O)N1CCN(c2cc(C)nc(C3CCCN3)c2)CC1. The number of hydrogen-bond donors (Lipinski definition) is 1. The maximum atomic E-state index is 12.9. The molecule has 6 heteroatoms. The Labute approximate surface area is 166 Å². The Morgan fingerprint density at radius 3 is 2.68 bits per heavy atom. The number of pyridine rings is 1. The lowest BCUT2D eigenvalue weighted by Gasteiger charge is -2.36. The summed E-state index contributed by atoms with van der Waals surface area (Å²) in [5.41, 5.74) is 4.03. The number of para-hydroxylation sites is 1. The van der Waals surface area contributed by atoms with E-state index >= 15 is 0 Å². The van der Waals surface area contributed by atoms with Gasteiger partial charge in [0.25, 0.3) is 5.91 Å². The number of piperazine rings is 1. The number of carbonyl (C=O) groups is 1. The fraction of sp³-hybridized carbons (Fsp3) is 0.455. The summed E-state index contributed by atoms with van der Waals surface area (Å²) in [7, 11) is 1.60. The van der Waals surface area contributed by atoms with Gasteiger partial charge >= 0.3 is 0 Å². The van der Waals surface area contributed by atoms with E-state index in [-0.39, 0.29) is 5.91 Å². The van der Waals surface area contributed by atoms with Crippen LogP contribution in [0, 0.1) is 6.92 Å². The molecule has 1 atom stereocenters. The lowest BCUT2D eigenvalue weighted by molar-refractivity contribution is 0.0743. The maximum Gasteiger partial charge on any atom is 0.257 e. The van der Waals surface area contributed by atoms with E-state index in [1.165, 1.54) is 12.1 Å². The third kappa shape index (κ3) is 3.83. The molecule has 4 rings (SSSR count). The molecular weight excluding hydrogens is 352 g/mol. The van der Waals surface area contributed by atoms with Crippen LogP contribution in [0.5, 0.6) is 5.75 Å². The van der Waals surface area contributed by atoms with Crippen molar-refractivity contribution in [2.24, 2.45) is 0 Å². The molecule has 2 aromatic rings. The zero-order valence-corrected chi connectivity index (χ0v) is 16.6. The second-order valence-corrected chi connectivity index (χ2v) is 7.52. The maximum absolute atomic E-state index is 12.9. The molecule has 1 amide bonds. The average Bonchev–Trinajstić information content (AvgIpc) is 3.28. The summed E-state index contributed by atoms with van der Waals surface area (Å²) in [4.78, 5) is 21.9. The van der Waals surface area contributed by atoms with Crippen molar-refractivity contribution in [2.45, 2.75) is 25.8 Å². The molecule has 1 aromatic carbocycles. The van der Waals surface area contributed by atoms with Crippen molar-refractivity contribution in [3.63, 3.8) is 0 Å². The van der Waals surface area contributed by atoms with Crippen molar-refractivity contribution in [1.82, 2.24) is 15.2 Å². The number of benzene rings is 1. The Balaban J connectivity index is 1.45. The molecule has 28 heavy (non-hydrogen) atoms. The first-order chi connectivity index (χ1) is 13.7. The van der Waals surface area contributed by atoms with Crippen LogP contribution in [0.3, 0.4) is 0 Å². The second-order valence-electron chi connectivity index (χ2n) is 7.52. The number of methoxy groups -OCH3 is 1. The number of hydrogen-bond acceptors (Lipinski definition) is 5. The topological polar surface area (TPSA) is 57.7 Å². The quantitative estimate of drug-likeness (QED) is 0.884. The average molecular weight is 380 g/mol. The van der Waals surface area contributed by atoms with E-state index in [9.17, 15) is 4.79 Å². The molecule has 1 unspecified atom stereocenters. The Morgan fingerprint density at radius 1 is 1.18 bits per heavy atom. The third-order valence-corrected chi connectivity index (χ3v) is 5.64. The van der Waals surface area contributed by atoms with E-state index in [0.29, 0.717) is 30.4 Å². The highest BCUT2D eigenvalue weighted by Crippen LogP contribution is 2.27. The number of nitrogens with zero attached hydrogens (tertiary/aromatic N) is 3. The van der Waals surface area contributed by atoms with Gasteiger partial charge in [-0.2, -0.15) is 0 Å².